The minimum atomic E-state index is -4.19. The van der Waals surface area contributed by atoms with Gasteiger partial charge in [0.25, 0.3) is 10.0 Å². The average molecular weight is 658 g/mol. The summed E-state index contributed by atoms with van der Waals surface area (Å²) in [5.41, 5.74) is 2.77. The van der Waals surface area contributed by atoms with Crippen LogP contribution in [0, 0.1) is 6.92 Å². The van der Waals surface area contributed by atoms with Gasteiger partial charge in [0.15, 0.2) is 0 Å². The highest BCUT2D eigenvalue weighted by atomic mass is 35.5. The number of anilines is 1. The van der Waals surface area contributed by atoms with Gasteiger partial charge >= 0.3 is 0 Å². The average Bonchev–Trinajstić information content (AvgIpc) is 3.08. The molecule has 0 aliphatic heterocycles. The molecule has 4 aromatic carbocycles. The van der Waals surface area contributed by atoms with Gasteiger partial charge < -0.3 is 10.2 Å². The minimum absolute atomic E-state index is 0.0397. The first-order valence-corrected chi connectivity index (χ1v) is 17.6. The standard InChI is InChI=1S/C37H40ClN3O4S/c1-28-22-23-32(25-34(28)38)41(46(44,45)33-20-12-5-13-21-33)27-36(42)40(26-30-16-8-3-9-17-30)35(24-29-14-6-2-7-15-29)37(43)39-31-18-10-4-11-19-31/h2-3,5-9,12-17,20-23,25,31,35H,4,10-11,18-19,24,26-27H2,1H3,(H,39,43)/t35-/m1/s1. The van der Waals surface area contributed by atoms with E-state index in [0.29, 0.717) is 5.02 Å². The second kappa shape index (κ2) is 15.4. The molecule has 240 valence electrons. The third-order valence-corrected chi connectivity index (χ3v) is 10.7. The van der Waals surface area contributed by atoms with Crippen molar-refractivity contribution in [3.8, 4) is 0 Å². The fourth-order valence-electron chi connectivity index (χ4n) is 5.86. The second-order valence-electron chi connectivity index (χ2n) is 11.8. The number of nitrogens with zero attached hydrogens (tertiary/aromatic N) is 2. The van der Waals surface area contributed by atoms with E-state index >= 15 is 0 Å². The lowest BCUT2D eigenvalue weighted by atomic mass is 9.94. The number of amides is 2. The summed E-state index contributed by atoms with van der Waals surface area (Å²) in [6.45, 7) is 1.43. The lowest BCUT2D eigenvalue weighted by Crippen LogP contribution is -2.55. The van der Waals surface area contributed by atoms with Crippen molar-refractivity contribution in [2.24, 2.45) is 0 Å². The van der Waals surface area contributed by atoms with Gasteiger partial charge in [-0.2, -0.15) is 0 Å². The Morgan fingerprint density at radius 3 is 2.02 bits per heavy atom. The van der Waals surface area contributed by atoms with Crippen molar-refractivity contribution in [2.45, 2.75) is 69.0 Å². The number of hydrogen-bond donors (Lipinski definition) is 1. The molecule has 0 radical (unpaired) electrons. The van der Waals surface area contributed by atoms with Crippen molar-refractivity contribution in [1.82, 2.24) is 10.2 Å². The van der Waals surface area contributed by atoms with Crippen molar-refractivity contribution in [3.05, 3.63) is 131 Å². The van der Waals surface area contributed by atoms with Crippen molar-refractivity contribution < 1.29 is 18.0 Å². The van der Waals surface area contributed by atoms with Crippen LogP contribution in [0.3, 0.4) is 0 Å². The summed E-state index contributed by atoms with van der Waals surface area (Å²) in [4.78, 5) is 30.3. The predicted molar refractivity (Wildman–Crippen MR) is 183 cm³/mol. The van der Waals surface area contributed by atoms with Gasteiger partial charge in [0.1, 0.15) is 12.6 Å². The maximum absolute atomic E-state index is 14.6. The molecule has 0 unspecified atom stereocenters. The maximum atomic E-state index is 14.6. The summed E-state index contributed by atoms with van der Waals surface area (Å²) < 4.78 is 29.4. The largest absolute Gasteiger partial charge is 0.352 e. The molecule has 1 saturated carbocycles. The molecule has 0 bridgehead atoms. The normalized spacial score (nSPS) is 14.3. The number of halogens is 1. The molecule has 0 heterocycles. The molecular weight excluding hydrogens is 618 g/mol. The third-order valence-electron chi connectivity index (χ3n) is 8.47. The summed E-state index contributed by atoms with van der Waals surface area (Å²) >= 11 is 6.47. The first-order chi connectivity index (χ1) is 22.2. The highest BCUT2D eigenvalue weighted by Crippen LogP contribution is 2.29. The Morgan fingerprint density at radius 2 is 1.41 bits per heavy atom. The number of aryl methyl sites for hydroxylation is 1. The predicted octanol–water partition coefficient (Wildman–Crippen LogP) is 6.93. The van der Waals surface area contributed by atoms with Gasteiger partial charge in [-0.15, -0.1) is 0 Å². The van der Waals surface area contributed by atoms with Gasteiger partial charge in [-0.25, -0.2) is 8.42 Å². The van der Waals surface area contributed by atoms with E-state index in [1.54, 1.807) is 36.4 Å². The zero-order valence-corrected chi connectivity index (χ0v) is 27.6. The van der Waals surface area contributed by atoms with E-state index in [2.05, 4.69) is 5.32 Å². The fourth-order valence-corrected chi connectivity index (χ4v) is 7.47. The number of nitrogens with one attached hydrogen (secondary N) is 1. The molecule has 0 saturated heterocycles. The number of carbonyl (C=O) groups excluding carboxylic acids is 2. The van der Waals surface area contributed by atoms with Crippen LogP contribution < -0.4 is 9.62 Å². The van der Waals surface area contributed by atoms with E-state index in [4.69, 9.17) is 11.6 Å². The number of sulfonamides is 1. The third kappa shape index (κ3) is 8.36. The zero-order valence-electron chi connectivity index (χ0n) is 26.0. The van der Waals surface area contributed by atoms with Crippen LogP contribution in [0.2, 0.25) is 5.02 Å². The molecule has 4 aromatic rings. The summed E-state index contributed by atoms with van der Waals surface area (Å²) in [5.74, 6) is -0.740. The minimum Gasteiger partial charge on any atom is -0.352 e. The van der Waals surface area contributed by atoms with Crippen LogP contribution in [0.4, 0.5) is 5.69 Å². The van der Waals surface area contributed by atoms with E-state index in [9.17, 15) is 18.0 Å². The van der Waals surface area contributed by atoms with Gasteiger partial charge in [0.2, 0.25) is 11.8 Å². The molecule has 0 spiro atoms. The number of hydrogen-bond acceptors (Lipinski definition) is 4. The van der Waals surface area contributed by atoms with Crippen molar-refractivity contribution in [1.29, 1.82) is 0 Å². The molecule has 7 nitrogen and oxygen atoms in total. The van der Waals surface area contributed by atoms with E-state index in [0.717, 1.165) is 53.1 Å². The Hall–Kier alpha value is -4.14. The molecule has 1 N–H and O–H groups in total. The first kappa shape index (κ1) is 33.2. The quantitative estimate of drug-likeness (QED) is 0.179. The van der Waals surface area contributed by atoms with E-state index in [1.165, 1.54) is 17.0 Å². The van der Waals surface area contributed by atoms with Gasteiger partial charge in [0.05, 0.1) is 10.6 Å². The monoisotopic (exact) mass is 657 g/mol. The number of carbonyl (C=O) groups is 2. The Kier molecular flexibility index (Phi) is 11.1. The molecule has 0 aromatic heterocycles. The van der Waals surface area contributed by atoms with Crippen LogP contribution in [0.5, 0.6) is 0 Å². The van der Waals surface area contributed by atoms with Crippen LogP contribution in [0.1, 0.15) is 48.8 Å². The Labute approximate surface area is 277 Å². The summed E-state index contributed by atoms with van der Waals surface area (Å²) in [6.07, 6.45) is 5.31. The van der Waals surface area contributed by atoms with Crippen LogP contribution in [0.15, 0.2) is 114 Å². The summed E-state index contributed by atoms with van der Waals surface area (Å²) in [6, 6.07) is 31.2. The lowest BCUT2D eigenvalue weighted by molar-refractivity contribution is -0.140. The fraction of sp³-hybridized carbons (Fsp3) is 0.297. The van der Waals surface area contributed by atoms with Gasteiger partial charge in [0, 0.05) is 24.0 Å². The molecular formula is C37H40ClN3O4S. The van der Waals surface area contributed by atoms with E-state index < -0.39 is 28.5 Å². The van der Waals surface area contributed by atoms with Crippen molar-refractivity contribution in [2.75, 3.05) is 10.8 Å². The van der Waals surface area contributed by atoms with Crippen LogP contribution in [-0.4, -0.2) is 43.8 Å². The highest BCUT2D eigenvalue weighted by molar-refractivity contribution is 7.92. The summed E-state index contributed by atoms with van der Waals surface area (Å²) in [5, 5.41) is 3.62. The number of benzene rings is 4. The van der Waals surface area contributed by atoms with Crippen molar-refractivity contribution >= 4 is 39.1 Å². The molecule has 46 heavy (non-hydrogen) atoms. The molecule has 1 fully saturated rings. The second-order valence-corrected chi connectivity index (χ2v) is 14.1. The highest BCUT2D eigenvalue weighted by Gasteiger charge is 2.35. The van der Waals surface area contributed by atoms with Gasteiger partial charge in [-0.3, -0.25) is 13.9 Å². The summed E-state index contributed by atoms with van der Waals surface area (Å²) in [7, 11) is -4.19. The molecule has 1 aliphatic carbocycles. The maximum Gasteiger partial charge on any atom is 0.264 e. The van der Waals surface area contributed by atoms with Crippen LogP contribution >= 0.6 is 11.6 Å². The SMILES string of the molecule is Cc1ccc(N(CC(=O)N(Cc2ccccc2)[C@H](Cc2ccccc2)C(=O)NC2CCCCC2)S(=O)(=O)c2ccccc2)cc1Cl. The van der Waals surface area contributed by atoms with Gasteiger partial charge in [-0.05, 0) is 60.7 Å². The smallest absolute Gasteiger partial charge is 0.264 e. The topological polar surface area (TPSA) is 86.8 Å². The Balaban J connectivity index is 1.56. The molecule has 9 heteroatoms. The van der Waals surface area contributed by atoms with Crippen molar-refractivity contribution in [3.63, 3.8) is 0 Å². The molecule has 5 rings (SSSR count). The van der Waals surface area contributed by atoms with Crippen LogP contribution in [0.25, 0.3) is 0 Å². The zero-order chi connectivity index (χ0) is 32.5. The molecule has 1 atom stereocenters. The van der Waals surface area contributed by atoms with Crippen LogP contribution in [-0.2, 0) is 32.6 Å². The Morgan fingerprint density at radius 1 is 0.826 bits per heavy atom. The molecule has 1 aliphatic rings. The number of rotatable bonds is 12. The Bertz CT molecular complexity index is 1710. The molecule has 2 amide bonds. The lowest BCUT2D eigenvalue weighted by Gasteiger charge is -2.35. The first-order valence-electron chi connectivity index (χ1n) is 15.7. The van der Waals surface area contributed by atoms with Gasteiger partial charge in [-0.1, -0.05) is 116 Å². The van der Waals surface area contributed by atoms with E-state index in [-0.39, 0.29) is 35.5 Å². The van der Waals surface area contributed by atoms with E-state index in [1.807, 2.05) is 67.6 Å².